The van der Waals surface area contributed by atoms with E-state index in [0.717, 1.165) is 16.3 Å². The Morgan fingerprint density at radius 2 is 1.81 bits per heavy atom. The number of nitrogens with zero attached hydrogens (tertiary/aromatic N) is 2. The largest absolute Gasteiger partial charge is 0.497 e. The van der Waals surface area contributed by atoms with Crippen molar-refractivity contribution in [2.45, 2.75) is 31.4 Å². The quantitative estimate of drug-likeness (QED) is 0.364. The molecule has 32 heavy (non-hydrogen) atoms. The summed E-state index contributed by atoms with van der Waals surface area (Å²) in [6.45, 7) is 3.31. The molecule has 0 atom stereocenters. The first-order valence-electron chi connectivity index (χ1n) is 10.2. The summed E-state index contributed by atoms with van der Waals surface area (Å²) in [4.78, 5) is 4.81. The van der Waals surface area contributed by atoms with Crippen LogP contribution in [-0.2, 0) is 27.9 Å². The van der Waals surface area contributed by atoms with E-state index in [0.29, 0.717) is 37.6 Å². The number of sulfonamides is 1. The first kappa shape index (κ1) is 24.2. The van der Waals surface area contributed by atoms with Crippen LogP contribution in [0.4, 0.5) is 0 Å². The lowest BCUT2D eigenvalue weighted by molar-refractivity contribution is 0.186. The highest BCUT2D eigenvalue weighted by Gasteiger charge is 2.25. The predicted molar refractivity (Wildman–Crippen MR) is 125 cm³/mol. The molecule has 0 spiro atoms. The van der Waals surface area contributed by atoms with Gasteiger partial charge in [0, 0.05) is 25.6 Å². The first-order chi connectivity index (χ1) is 15.4. The van der Waals surface area contributed by atoms with Crippen molar-refractivity contribution in [2.75, 3.05) is 27.4 Å². The molecular formula is C23H28N2O5S2. The minimum Gasteiger partial charge on any atom is -0.497 e. The van der Waals surface area contributed by atoms with Crippen molar-refractivity contribution in [3.8, 4) is 11.5 Å². The number of rotatable bonds is 12. The van der Waals surface area contributed by atoms with Gasteiger partial charge in [-0.15, -0.1) is 11.3 Å². The van der Waals surface area contributed by atoms with Crippen LogP contribution >= 0.6 is 11.3 Å². The average molecular weight is 477 g/mol. The summed E-state index contributed by atoms with van der Waals surface area (Å²) >= 11 is 1.46. The van der Waals surface area contributed by atoms with E-state index in [4.69, 9.17) is 14.2 Å². The molecule has 0 aliphatic heterocycles. The van der Waals surface area contributed by atoms with Crippen LogP contribution in [0.3, 0.4) is 0 Å². The molecule has 1 aromatic heterocycles. The van der Waals surface area contributed by atoms with E-state index in [1.54, 1.807) is 38.5 Å². The van der Waals surface area contributed by atoms with E-state index >= 15 is 0 Å². The highest BCUT2D eigenvalue weighted by Crippen LogP contribution is 2.23. The number of benzene rings is 2. The molecule has 2 aromatic carbocycles. The van der Waals surface area contributed by atoms with Crippen LogP contribution in [0.15, 0.2) is 58.8 Å². The highest BCUT2D eigenvalue weighted by atomic mass is 32.2. The highest BCUT2D eigenvalue weighted by molar-refractivity contribution is 7.89. The second-order valence-corrected chi connectivity index (χ2v) is 10.0. The van der Waals surface area contributed by atoms with Gasteiger partial charge < -0.3 is 14.2 Å². The van der Waals surface area contributed by atoms with E-state index < -0.39 is 10.0 Å². The number of hydrogen-bond acceptors (Lipinski definition) is 7. The third kappa shape index (κ3) is 6.29. The van der Waals surface area contributed by atoms with Gasteiger partial charge in [-0.1, -0.05) is 18.2 Å². The molecule has 0 aliphatic rings. The Kier molecular flexibility index (Phi) is 8.63. The van der Waals surface area contributed by atoms with Crippen molar-refractivity contribution < 1.29 is 22.6 Å². The summed E-state index contributed by atoms with van der Waals surface area (Å²) < 4.78 is 44.1. The van der Waals surface area contributed by atoms with Gasteiger partial charge in [0.25, 0.3) is 0 Å². The summed E-state index contributed by atoms with van der Waals surface area (Å²) in [5.41, 5.74) is 1.74. The molecule has 1 heterocycles. The molecule has 0 bridgehead atoms. The van der Waals surface area contributed by atoms with Gasteiger partial charge in [-0.05, 0) is 49.2 Å². The number of thiazole rings is 1. The van der Waals surface area contributed by atoms with Crippen LogP contribution in [-0.4, -0.2) is 45.1 Å². The molecule has 0 radical (unpaired) electrons. The van der Waals surface area contributed by atoms with E-state index in [1.165, 1.54) is 15.6 Å². The lowest BCUT2D eigenvalue weighted by Gasteiger charge is -2.21. The van der Waals surface area contributed by atoms with Crippen LogP contribution in [0.5, 0.6) is 11.5 Å². The van der Waals surface area contributed by atoms with Gasteiger partial charge in [-0.3, -0.25) is 0 Å². The third-order valence-corrected chi connectivity index (χ3v) is 7.57. The summed E-state index contributed by atoms with van der Waals surface area (Å²) in [7, 11) is -0.555. The average Bonchev–Trinajstić information content (AvgIpc) is 3.25. The Labute approximate surface area is 193 Å². The van der Waals surface area contributed by atoms with Crippen molar-refractivity contribution in [2.24, 2.45) is 0 Å². The Balaban J connectivity index is 1.73. The van der Waals surface area contributed by atoms with Gasteiger partial charge in [-0.25, -0.2) is 13.4 Å². The Morgan fingerprint density at radius 1 is 1.06 bits per heavy atom. The molecule has 0 fully saturated rings. The third-order valence-electron chi connectivity index (χ3n) is 4.84. The van der Waals surface area contributed by atoms with Crippen molar-refractivity contribution in [1.82, 2.24) is 9.29 Å². The molecule has 7 nitrogen and oxygen atoms in total. The fourth-order valence-corrected chi connectivity index (χ4v) is 5.24. The summed E-state index contributed by atoms with van der Waals surface area (Å²) in [6, 6.07) is 14.2. The molecular weight excluding hydrogens is 448 g/mol. The van der Waals surface area contributed by atoms with Crippen molar-refractivity contribution in [1.29, 1.82) is 0 Å². The molecule has 0 saturated heterocycles. The molecule has 3 rings (SSSR count). The van der Waals surface area contributed by atoms with Gasteiger partial charge in [0.05, 0.1) is 24.2 Å². The molecule has 9 heteroatoms. The Hall–Kier alpha value is -2.46. The fraction of sp³-hybridized carbons (Fsp3) is 0.348. The molecule has 3 aromatic rings. The Bertz CT molecular complexity index is 1100. The van der Waals surface area contributed by atoms with Crippen molar-refractivity contribution in [3.63, 3.8) is 0 Å². The lowest BCUT2D eigenvalue weighted by Crippen LogP contribution is -2.32. The van der Waals surface area contributed by atoms with Gasteiger partial charge in [0.15, 0.2) is 0 Å². The molecule has 0 N–H and O–H groups in total. The lowest BCUT2D eigenvalue weighted by atomic mass is 10.2. The zero-order chi connectivity index (χ0) is 23.0. The summed E-state index contributed by atoms with van der Waals surface area (Å²) in [5, 5.41) is 2.67. The van der Waals surface area contributed by atoms with E-state index in [-0.39, 0.29) is 11.4 Å². The monoisotopic (exact) mass is 476 g/mol. The topological polar surface area (TPSA) is 78.0 Å². The second-order valence-electron chi connectivity index (χ2n) is 7.15. The van der Waals surface area contributed by atoms with Gasteiger partial charge >= 0.3 is 0 Å². The van der Waals surface area contributed by atoms with E-state index in [2.05, 4.69) is 4.98 Å². The SMILES string of the molecule is COCCCN(Cc1csc(COc2ccccc2C)n1)S(=O)(=O)c1ccc(OC)cc1. The number of aromatic nitrogens is 1. The van der Waals surface area contributed by atoms with Gasteiger partial charge in [0.2, 0.25) is 10.0 Å². The zero-order valence-electron chi connectivity index (χ0n) is 18.5. The number of hydrogen-bond donors (Lipinski definition) is 0. The fourth-order valence-electron chi connectivity index (χ4n) is 3.09. The van der Waals surface area contributed by atoms with Gasteiger partial charge in [-0.2, -0.15) is 4.31 Å². The van der Waals surface area contributed by atoms with E-state index in [9.17, 15) is 8.42 Å². The predicted octanol–water partition coefficient (Wildman–Crippen LogP) is 4.27. The molecule has 0 aliphatic carbocycles. The van der Waals surface area contributed by atoms with Crippen LogP contribution in [0.1, 0.15) is 22.7 Å². The van der Waals surface area contributed by atoms with Crippen LogP contribution in [0.25, 0.3) is 0 Å². The molecule has 0 amide bonds. The number of ether oxygens (including phenoxy) is 3. The minimum atomic E-state index is -3.70. The van der Waals surface area contributed by atoms with Crippen LogP contribution in [0.2, 0.25) is 0 Å². The van der Waals surface area contributed by atoms with Crippen molar-refractivity contribution >= 4 is 21.4 Å². The first-order valence-corrected chi connectivity index (χ1v) is 12.5. The maximum absolute atomic E-state index is 13.3. The number of aryl methyl sites for hydroxylation is 1. The maximum Gasteiger partial charge on any atom is 0.243 e. The number of methoxy groups -OCH3 is 2. The number of para-hydroxylation sites is 1. The summed E-state index contributed by atoms with van der Waals surface area (Å²) in [5.74, 6) is 1.42. The summed E-state index contributed by atoms with van der Waals surface area (Å²) in [6.07, 6.45) is 0.583. The van der Waals surface area contributed by atoms with Gasteiger partial charge in [0.1, 0.15) is 23.1 Å². The smallest absolute Gasteiger partial charge is 0.243 e. The Morgan fingerprint density at radius 3 is 2.50 bits per heavy atom. The molecule has 0 unspecified atom stereocenters. The maximum atomic E-state index is 13.3. The second kappa shape index (κ2) is 11.4. The van der Waals surface area contributed by atoms with Crippen molar-refractivity contribution in [3.05, 3.63) is 70.2 Å². The van der Waals surface area contributed by atoms with Crippen LogP contribution < -0.4 is 9.47 Å². The van der Waals surface area contributed by atoms with Crippen LogP contribution in [0, 0.1) is 6.92 Å². The zero-order valence-corrected chi connectivity index (χ0v) is 20.1. The molecule has 172 valence electrons. The molecule has 0 saturated carbocycles. The standard InChI is InChI=1S/C23H28N2O5S2/c1-18-7-4-5-8-22(18)30-16-23-24-19(17-31-23)15-25(13-6-14-28-2)32(26,27)21-11-9-20(29-3)10-12-21/h4-5,7-12,17H,6,13-16H2,1-3H3. The minimum absolute atomic E-state index is 0.180. The normalized spacial score (nSPS) is 11.6. The van der Waals surface area contributed by atoms with E-state index in [1.807, 2.05) is 36.6 Å².